The van der Waals surface area contributed by atoms with Gasteiger partial charge in [0.25, 0.3) is 0 Å². The van der Waals surface area contributed by atoms with Crippen molar-refractivity contribution in [3.63, 3.8) is 0 Å². The van der Waals surface area contributed by atoms with Crippen LogP contribution in [0.4, 0.5) is 9.52 Å². The number of aromatic nitrogens is 2. The highest BCUT2D eigenvalue weighted by Gasteiger charge is 2.45. The number of hydrogen-bond acceptors (Lipinski definition) is 8. The van der Waals surface area contributed by atoms with Crippen molar-refractivity contribution in [3.8, 4) is 6.07 Å². The first-order valence-electron chi connectivity index (χ1n) is 12.0. The molecule has 182 valence electrons. The number of Topliss-reactive ketones (excluding diaryl/α,β-unsaturated/α-hetero) is 1. The lowest BCUT2D eigenvalue weighted by Gasteiger charge is -2.42. The number of benzene rings is 1. The maximum Gasteiger partial charge on any atom is 0.219 e. The number of thioether (sulfide) groups is 1. The summed E-state index contributed by atoms with van der Waals surface area (Å²) in [5.41, 5.74) is 8.66. The lowest BCUT2D eigenvalue weighted by atomic mass is 9.69. The van der Waals surface area contributed by atoms with Gasteiger partial charge in [0.1, 0.15) is 11.6 Å². The molecule has 9 heteroatoms. The summed E-state index contributed by atoms with van der Waals surface area (Å²) in [4.78, 5) is 15.3. The first kappa shape index (κ1) is 24.0. The summed E-state index contributed by atoms with van der Waals surface area (Å²) in [6, 6.07) is 8.20. The van der Waals surface area contributed by atoms with Gasteiger partial charge in [0.15, 0.2) is 10.1 Å². The quantitative estimate of drug-likeness (QED) is 0.536. The van der Waals surface area contributed by atoms with Crippen LogP contribution in [0.2, 0.25) is 0 Å². The predicted molar refractivity (Wildman–Crippen MR) is 136 cm³/mol. The van der Waals surface area contributed by atoms with Crippen LogP contribution in [0, 0.1) is 22.6 Å². The number of nitrogens with zero attached hydrogens (tertiary/aromatic N) is 4. The van der Waals surface area contributed by atoms with E-state index in [2.05, 4.69) is 30.1 Å². The van der Waals surface area contributed by atoms with Gasteiger partial charge >= 0.3 is 0 Å². The molecule has 6 nitrogen and oxygen atoms in total. The smallest absolute Gasteiger partial charge is 0.219 e. The van der Waals surface area contributed by atoms with E-state index >= 15 is 0 Å². The van der Waals surface area contributed by atoms with Crippen LogP contribution >= 0.6 is 23.1 Å². The topological polar surface area (TPSA) is 95.9 Å². The van der Waals surface area contributed by atoms with Crippen molar-refractivity contribution in [2.45, 2.75) is 74.3 Å². The summed E-state index contributed by atoms with van der Waals surface area (Å²) in [5, 5.41) is 20.2. The summed E-state index contributed by atoms with van der Waals surface area (Å²) in [5.74, 6) is -0.753. The Hall–Kier alpha value is -2.70. The number of nitriles is 1. The summed E-state index contributed by atoms with van der Waals surface area (Å²) in [7, 11) is 0. The van der Waals surface area contributed by atoms with E-state index in [9.17, 15) is 14.4 Å². The van der Waals surface area contributed by atoms with E-state index in [1.807, 2.05) is 0 Å². The third-order valence-electron chi connectivity index (χ3n) is 6.99. The van der Waals surface area contributed by atoms with Crippen LogP contribution in [0.15, 0.2) is 51.3 Å². The van der Waals surface area contributed by atoms with E-state index in [-0.39, 0.29) is 28.4 Å². The van der Waals surface area contributed by atoms with Crippen LogP contribution in [0.3, 0.4) is 0 Å². The molecule has 1 aromatic heterocycles. The van der Waals surface area contributed by atoms with Crippen molar-refractivity contribution in [1.82, 2.24) is 10.2 Å². The summed E-state index contributed by atoms with van der Waals surface area (Å²) in [6.07, 6.45) is 7.12. The minimum atomic E-state index is -0.626. The van der Waals surface area contributed by atoms with E-state index in [0.29, 0.717) is 34.4 Å². The van der Waals surface area contributed by atoms with Crippen molar-refractivity contribution < 1.29 is 9.18 Å². The number of ketones is 1. The van der Waals surface area contributed by atoms with E-state index in [0.717, 1.165) is 10.0 Å². The molecule has 0 amide bonds. The molecule has 0 radical (unpaired) electrons. The monoisotopic (exact) mass is 509 g/mol. The molecule has 5 rings (SSSR count). The molecule has 2 aliphatic carbocycles. The van der Waals surface area contributed by atoms with Gasteiger partial charge < -0.3 is 5.73 Å². The standard InChI is InChI=1S/C26H28FN5OS2/c1-26(2)12-19-22(20(33)13-26)21(15-8-10-16(27)11-9-15)18(14-28)23(29)32(19)24-30-31-25(35-24)34-17-6-4-3-5-7-17/h8-11,17,21H,3-7,12-13,29H2,1-2H3. The van der Waals surface area contributed by atoms with Crippen LogP contribution < -0.4 is 10.6 Å². The maximum absolute atomic E-state index is 13.7. The normalized spacial score (nSPS) is 22.9. The number of rotatable bonds is 4. The Balaban J connectivity index is 1.60. The Morgan fingerprint density at radius 2 is 1.89 bits per heavy atom. The minimum absolute atomic E-state index is 0.0165. The van der Waals surface area contributed by atoms with E-state index < -0.39 is 5.92 Å². The molecule has 1 atom stereocenters. The van der Waals surface area contributed by atoms with Crippen molar-refractivity contribution in [2.24, 2.45) is 11.1 Å². The Labute approximate surface area is 213 Å². The molecule has 2 heterocycles. The molecule has 35 heavy (non-hydrogen) atoms. The molecule has 0 spiro atoms. The number of carbonyl (C=O) groups is 1. The lowest BCUT2D eigenvalue weighted by molar-refractivity contribution is -0.118. The van der Waals surface area contributed by atoms with Crippen LogP contribution in [-0.2, 0) is 4.79 Å². The van der Waals surface area contributed by atoms with Crippen LogP contribution in [0.1, 0.15) is 70.3 Å². The van der Waals surface area contributed by atoms with Gasteiger partial charge in [-0.15, -0.1) is 10.2 Å². The fourth-order valence-electron chi connectivity index (χ4n) is 5.38. The Morgan fingerprint density at radius 3 is 2.57 bits per heavy atom. The average molecular weight is 510 g/mol. The summed E-state index contributed by atoms with van der Waals surface area (Å²) in [6.45, 7) is 4.12. The molecule has 1 saturated carbocycles. The molecule has 3 aliphatic rings. The van der Waals surface area contributed by atoms with Crippen LogP contribution in [0.5, 0.6) is 0 Å². The molecule has 1 unspecified atom stereocenters. The summed E-state index contributed by atoms with van der Waals surface area (Å²) >= 11 is 3.22. The zero-order chi connectivity index (χ0) is 24.7. The Bertz CT molecular complexity index is 1250. The lowest BCUT2D eigenvalue weighted by Crippen LogP contribution is -2.42. The van der Waals surface area contributed by atoms with Gasteiger partial charge in [-0.25, -0.2) is 4.39 Å². The number of hydrogen-bond donors (Lipinski definition) is 1. The van der Waals surface area contributed by atoms with Gasteiger partial charge in [0.2, 0.25) is 5.13 Å². The first-order valence-corrected chi connectivity index (χ1v) is 13.7. The molecule has 2 N–H and O–H groups in total. The highest BCUT2D eigenvalue weighted by molar-refractivity contribution is 8.01. The van der Waals surface area contributed by atoms with Crippen LogP contribution in [0.25, 0.3) is 0 Å². The Morgan fingerprint density at radius 1 is 1.17 bits per heavy atom. The highest BCUT2D eigenvalue weighted by Crippen LogP contribution is 2.51. The zero-order valence-corrected chi connectivity index (χ0v) is 21.5. The third-order valence-corrected chi connectivity index (χ3v) is 9.32. The second-order valence-corrected chi connectivity index (χ2v) is 12.8. The Kier molecular flexibility index (Phi) is 6.45. The largest absolute Gasteiger partial charge is 0.384 e. The van der Waals surface area contributed by atoms with Gasteiger partial charge in [0.05, 0.1) is 17.6 Å². The second-order valence-electron chi connectivity index (χ2n) is 10.3. The highest BCUT2D eigenvalue weighted by atomic mass is 32.2. The van der Waals surface area contributed by atoms with Crippen molar-refractivity contribution in [1.29, 1.82) is 5.26 Å². The molecular formula is C26H28FN5OS2. The van der Waals surface area contributed by atoms with Crippen LogP contribution in [-0.4, -0.2) is 21.2 Å². The minimum Gasteiger partial charge on any atom is -0.384 e. The van der Waals surface area contributed by atoms with E-state index in [1.165, 1.54) is 55.6 Å². The van der Waals surface area contributed by atoms with Crippen molar-refractivity contribution in [3.05, 3.63) is 58.3 Å². The number of anilines is 1. The first-order chi connectivity index (χ1) is 16.8. The van der Waals surface area contributed by atoms with Crippen molar-refractivity contribution >= 4 is 34.0 Å². The molecule has 1 fully saturated rings. The molecule has 2 aromatic rings. The van der Waals surface area contributed by atoms with Gasteiger partial charge in [-0.3, -0.25) is 9.69 Å². The molecule has 0 saturated heterocycles. The average Bonchev–Trinajstić information content (AvgIpc) is 3.26. The maximum atomic E-state index is 13.7. The molecule has 0 bridgehead atoms. The number of nitrogens with two attached hydrogens (primary N) is 1. The molecule has 1 aromatic carbocycles. The zero-order valence-electron chi connectivity index (χ0n) is 19.9. The molecular weight excluding hydrogens is 481 g/mol. The van der Waals surface area contributed by atoms with Gasteiger partial charge in [-0.2, -0.15) is 5.26 Å². The fourth-order valence-corrected chi connectivity index (χ4v) is 7.77. The number of carbonyl (C=O) groups excluding carboxylic acids is 1. The second kappa shape index (κ2) is 9.40. The molecule has 1 aliphatic heterocycles. The fraction of sp³-hybridized carbons (Fsp3) is 0.462. The predicted octanol–water partition coefficient (Wildman–Crippen LogP) is 6.04. The summed E-state index contributed by atoms with van der Waals surface area (Å²) < 4.78 is 14.5. The van der Waals surface area contributed by atoms with Gasteiger partial charge in [-0.1, -0.05) is 68.3 Å². The third kappa shape index (κ3) is 4.62. The SMILES string of the molecule is CC1(C)CC(=O)C2=C(C1)N(c1nnc(SC3CCCCC3)s1)C(N)=C(C#N)C2c1ccc(F)cc1. The van der Waals surface area contributed by atoms with Gasteiger partial charge in [0, 0.05) is 22.9 Å². The van der Waals surface area contributed by atoms with E-state index in [4.69, 9.17) is 5.73 Å². The van der Waals surface area contributed by atoms with E-state index in [1.54, 1.807) is 28.8 Å². The van der Waals surface area contributed by atoms with Gasteiger partial charge in [-0.05, 0) is 42.4 Å². The van der Waals surface area contributed by atoms with Crippen molar-refractivity contribution in [2.75, 3.05) is 4.90 Å². The number of allylic oxidation sites excluding steroid dienone is 3. The number of halogens is 1.